The molecule has 0 unspecified atom stereocenters. The first-order valence-electron chi connectivity index (χ1n) is 21.7. The molecule has 13 aromatic rings. The molecule has 0 atom stereocenters. The predicted octanol–water partition coefficient (Wildman–Crippen LogP) is 17.5. The van der Waals surface area contributed by atoms with Crippen molar-refractivity contribution in [2.24, 2.45) is 0 Å². The summed E-state index contributed by atoms with van der Waals surface area (Å²) in [7, 11) is 0. The third-order valence-electron chi connectivity index (χ3n) is 12.8. The monoisotopic (exact) mass is 834 g/mol. The molecule has 0 fully saturated rings. The molecule has 0 aliphatic carbocycles. The van der Waals surface area contributed by atoms with Gasteiger partial charge in [-0.15, -0.1) is 11.3 Å². The van der Waals surface area contributed by atoms with Crippen LogP contribution in [0.15, 0.2) is 235 Å². The lowest BCUT2D eigenvalue weighted by atomic mass is 9.98. The highest BCUT2D eigenvalue weighted by atomic mass is 32.1. The van der Waals surface area contributed by atoms with Gasteiger partial charge in [0.25, 0.3) is 0 Å². The van der Waals surface area contributed by atoms with Crippen LogP contribution < -0.4 is 4.90 Å². The SMILES string of the molecule is c1ccc(-c2cccc(N(c3ccc(-c4ccc5sc6ccccc6c5c4)cc3)c3cc(-c4cccc(-n5c6ccccc6c6ccccc65)c4)c4oc5ccccc5c4c3)c2)cc1. The van der Waals surface area contributed by atoms with E-state index in [-0.39, 0.29) is 0 Å². The second-order valence-electron chi connectivity index (χ2n) is 16.5. The Hall–Kier alpha value is -8.18. The van der Waals surface area contributed by atoms with Crippen LogP contribution >= 0.6 is 11.3 Å². The Labute approximate surface area is 373 Å². The highest BCUT2D eigenvalue weighted by molar-refractivity contribution is 7.25. The van der Waals surface area contributed by atoms with Crippen LogP contribution in [0.4, 0.5) is 17.1 Å². The van der Waals surface area contributed by atoms with Crippen LogP contribution in [0.1, 0.15) is 0 Å². The summed E-state index contributed by atoms with van der Waals surface area (Å²) >= 11 is 1.85. The van der Waals surface area contributed by atoms with Gasteiger partial charge >= 0.3 is 0 Å². The van der Waals surface area contributed by atoms with Crippen LogP contribution in [0.25, 0.3) is 103 Å². The van der Waals surface area contributed by atoms with Crippen molar-refractivity contribution in [1.82, 2.24) is 4.57 Å². The number of para-hydroxylation sites is 3. The van der Waals surface area contributed by atoms with E-state index < -0.39 is 0 Å². The average Bonchev–Trinajstić information content (AvgIpc) is 4.04. The lowest BCUT2D eigenvalue weighted by Crippen LogP contribution is -2.10. The molecule has 0 N–H and O–H groups in total. The molecule has 300 valence electrons. The number of fused-ring (bicyclic) bond motifs is 9. The molecule has 3 heterocycles. The van der Waals surface area contributed by atoms with Gasteiger partial charge in [-0.3, -0.25) is 0 Å². The first-order valence-corrected chi connectivity index (χ1v) is 22.6. The Morgan fingerprint density at radius 2 is 0.953 bits per heavy atom. The zero-order valence-corrected chi connectivity index (χ0v) is 35.5. The zero-order chi connectivity index (χ0) is 42.1. The number of anilines is 3. The van der Waals surface area contributed by atoms with Crippen molar-refractivity contribution in [2.75, 3.05) is 4.90 Å². The Morgan fingerprint density at radius 3 is 1.77 bits per heavy atom. The molecule has 0 saturated heterocycles. The van der Waals surface area contributed by atoms with Gasteiger partial charge in [-0.2, -0.15) is 0 Å². The first-order chi connectivity index (χ1) is 31.7. The maximum atomic E-state index is 6.82. The average molecular weight is 835 g/mol. The van der Waals surface area contributed by atoms with Crippen molar-refractivity contribution in [3.8, 4) is 39.1 Å². The quantitative estimate of drug-likeness (QED) is 0.159. The summed E-state index contributed by atoms with van der Waals surface area (Å²) in [6.45, 7) is 0. The normalized spacial score (nSPS) is 11.8. The molecule has 0 aliphatic heterocycles. The molecular weight excluding hydrogens is 797 g/mol. The maximum Gasteiger partial charge on any atom is 0.143 e. The van der Waals surface area contributed by atoms with E-state index in [1.165, 1.54) is 58.7 Å². The highest BCUT2D eigenvalue weighted by Gasteiger charge is 2.21. The molecule has 64 heavy (non-hydrogen) atoms. The van der Waals surface area contributed by atoms with E-state index in [1.807, 2.05) is 11.3 Å². The van der Waals surface area contributed by atoms with Crippen LogP contribution in [0.2, 0.25) is 0 Å². The van der Waals surface area contributed by atoms with Crippen LogP contribution in [-0.2, 0) is 0 Å². The van der Waals surface area contributed by atoms with Gasteiger partial charge < -0.3 is 13.9 Å². The Morgan fingerprint density at radius 1 is 0.344 bits per heavy atom. The molecule has 10 aromatic carbocycles. The van der Waals surface area contributed by atoms with Gasteiger partial charge in [-0.25, -0.2) is 0 Å². The molecule has 0 saturated carbocycles. The standard InChI is InChI=1S/C60H38N2OS/c1-2-14-39(15-3-1)41-16-12-18-45(34-41)61(44-31-28-40(29-32-44)42-30-33-59-53(36-42)51-23-7-11-27-58(51)64-59)47-37-52(60-54(38-47)50-22-6-10-26-57(50)63-60)43-17-13-19-46(35-43)62-55-24-8-4-20-48(55)49-21-5-9-25-56(49)62/h1-38H. The third kappa shape index (κ3) is 5.95. The van der Waals surface area contributed by atoms with E-state index >= 15 is 0 Å². The molecule has 0 aliphatic rings. The molecule has 0 spiro atoms. The van der Waals surface area contributed by atoms with Gasteiger partial charge in [0.2, 0.25) is 0 Å². The summed E-state index contributed by atoms with van der Waals surface area (Å²) in [5, 5.41) is 7.25. The minimum atomic E-state index is 0.867. The van der Waals surface area contributed by atoms with E-state index in [0.717, 1.165) is 61.4 Å². The van der Waals surface area contributed by atoms with Crippen molar-refractivity contribution in [1.29, 1.82) is 0 Å². The van der Waals surface area contributed by atoms with Crippen LogP contribution in [0.3, 0.4) is 0 Å². The largest absolute Gasteiger partial charge is 0.455 e. The maximum absolute atomic E-state index is 6.82. The van der Waals surface area contributed by atoms with E-state index in [0.29, 0.717) is 0 Å². The second kappa shape index (κ2) is 14.7. The van der Waals surface area contributed by atoms with Gasteiger partial charge in [0.1, 0.15) is 11.2 Å². The summed E-state index contributed by atoms with van der Waals surface area (Å²) in [5.74, 6) is 0. The molecule has 0 bridgehead atoms. The lowest BCUT2D eigenvalue weighted by molar-refractivity contribution is 0.670. The Balaban J connectivity index is 1.01. The summed E-state index contributed by atoms with van der Waals surface area (Å²) in [4.78, 5) is 2.40. The van der Waals surface area contributed by atoms with Gasteiger partial charge in [0, 0.05) is 70.0 Å². The van der Waals surface area contributed by atoms with Gasteiger partial charge in [-0.05, 0) is 113 Å². The first kappa shape index (κ1) is 36.5. The van der Waals surface area contributed by atoms with Crippen LogP contribution in [0, 0.1) is 0 Å². The van der Waals surface area contributed by atoms with Crippen molar-refractivity contribution in [3.05, 3.63) is 231 Å². The number of furan rings is 1. The molecular formula is C60H38N2OS. The highest BCUT2D eigenvalue weighted by Crippen LogP contribution is 2.45. The minimum Gasteiger partial charge on any atom is -0.455 e. The number of nitrogens with zero attached hydrogens (tertiary/aromatic N) is 2. The van der Waals surface area contributed by atoms with Crippen molar-refractivity contribution in [2.45, 2.75) is 0 Å². The number of benzene rings is 10. The number of aromatic nitrogens is 1. The number of hydrogen-bond acceptors (Lipinski definition) is 3. The molecule has 0 radical (unpaired) electrons. The molecule has 4 heteroatoms. The topological polar surface area (TPSA) is 21.3 Å². The molecule has 3 nitrogen and oxygen atoms in total. The Bertz CT molecular complexity index is 3860. The smallest absolute Gasteiger partial charge is 0.143 e. The van der Waals surface area contributed by atoms with E-state index in [9.17, 15) is 0 Å². The van der Waals surface area contributed by atoms with Gasteiger partial charge in [-0.1, -0.05) is 146 Å². The lowest BCUT2D eigenvalue weighted by Gasteiger charge is -2.27. The van der Waals surface area contributed by atoms with Crippen LogP contribution in [-0.4, -0.2) is 4.57 Å². The van der Waals surface area contributed by atoms with Crippen molar-refractivity contribution >= 4 is 92.3 Å². The van der Waals surface area contributed by atoms with Crippen molar-refractivity contribution in [3.63, 3.8) is 0 Å². The summed E-state index contributed by atoms with van der Waals surface area (Å²) < 4.78 is 11.8. The second-order valence-corrected chi connectivity index (χ2v) is 17.6. The molecule has 3 aromatic heterocycles. The minimum absolute atomic E-state index is 0.867. The fraction of sp³-hybridized carbons (Fsp3) is 0. The zero-order valence-electron chi connectivity index (χ0n) is 34.7. The summed E-state index contributed by atoms with van der Waals surface area (Å²) in [6.07, 6.45) is 0. The van der Waals surface area contributed by atoms with E-state index in [4.69, 9.17) is 4.42 Å². The van der Waals surface area contributed by atoms with Crippen LogP contribution in [0.5, 0.6) is 0 Å². The van der Waals surface area contributed by atoms with E-state index in [2.05, 4.69) is 240 Å². The predicted molar refractivity (Wildman–Crippen MR) is 272 cm³/mol. The fourth-order valence-electron chi connectivity index (χ4n) is 9.78. The number of hydrogen-bond donors (Lipinski definition) is 0. The van der Waals surface area contributed by atoms with Crippen molar-refractivity contribution < 1.29 is 4.42 Å². The third-order valence-corrected chi connectivity index (χ3v) is 13.9. The van der Waals surface area contributed by atoms with Gasteiger partial charge in [0.15, 0.2) is 0 Å². The summed E-state index contributed by atoms with van der Waals surface area (Å²) in [5.41, 5.74) is 15.2. The number of thiophene rings is 1. The van der Waals surface area contributed by atoms with Gasteiger partial charge in [0.05, 0.1) is 11.0 Å². The fourth-order valence-corrected chi connectivity index (χ4v) is 10.9. The molecule has 13 rings (SSSR count). The van der Waals surface area contributed by atoms with E-state index in [1.54, 1.807) is 0 Å². The Kier molecular flexibility index (Phi) is 8.40. The number of rotatable bonds is 7. The molecule has 0 amide bonds. The summed E-state index contributed by atoms with van der Waals surface area (Å²) in [6, 6.07) is 83.5.